The van der Waals surface area contributed by atoms with Crippen molar-refractivity contribution in [3.05, 3.63) is 16.3 Å². The summed E-state index contributed by atoms with van der Waals surface area (Å²) in [6, 6.07) is 0.701. The third kappa shape index (κ3) is 2.21. The molecule has 5 heteroatoms. The van der Waals surface area contributed by atoms with Crippen molar-refractivity contribution in [2.75, 3.05) is 12.8 Å². The van der Waals surface area contributed by atoms with Crippen molar-refractivity contribution in [1.29, 1.82) is 0 Å². The van der Waals surface area contributed by atoms with Gasteiger partial charge in [-0.05, 0) is 39.3 Å². The number of fused-ring (bicyclic) bond motifs is 1. The van der Waals surface area contributed by atoms with Crippen LogP contribution in [-0.4, -0.2) is 28.0 Å². The molecule has 19 heavy (non-hydrogen) atoms. The van der Waals surface area contributed by atoms with Gasteiger partial charge in [-0.2, -0.15) is 0 Å². The summed E-state index contributed by atoms with van der Waals surface area (Å²) >= 11 is 1.71. The molecule has 2 N–H and O–H groups in total. The van der Waals surface area contributed by atoms with Crippen LogP contribution in [-0.2, 0) is 6.54 Å². The first kappa shape index (κ1) is 12.8. The zero-order valence-corrected chi connectivity index (χ0v) is 12.5. The number of rotatable bonds is 3. The van der Waals surface area contributed by atoms with E-state index in [9.17, 15) is 0 Å². The predicted molar refractivity (Wildman–Crippen MR) is 80.4 cm³/mol. The maximum absolute atomic E-state index is 6.11. The molecule has 0 unspecified atom stereocenters. The minimum Gasteiger partial charge on any atom is -0.383 e. The predicted octanol–water partition coefficient (Wildman–Crippen LogP) is 2.87. The maximum atomic E-state index is 6.11. The van der Waals surface area contributed by atoms with Gasteiger partial charge in [-0.25, -0.2) is 9.97 Å². The highest BCUT2D eigenvalue weighted by atomic mass is 32.1. The van der Waals surface area contributed by atoms with Crippen LogP contribution >= 0.6 is 11.3 Å². The van der Waals surface area contributed by atoms with Crippen LogP contribution in [0.25, 0.3) is 10.2 Å². The van der Waals surface area contributed by atoms with E-state index in [4.69, 9.17) is 5.73 Å². The van der Waals surface area contributed by atoms with E-state index < -0.39 is 0 Å². The highest BCUT2D eigenvalue weighted by Crippen LogP contribution is 2.32. The van der Waals surface area contributed by atoms with Crippen molar-refractivity contribution >= 4 is 27.4 Å². The van der Waals surface area contributed by atoms with Gasteiger partial charge in [-0.3, -0.25) is 4.90 Å². The third-order valence-electron chi connectivity index (χ3n) is 4.19. The molecule has 1 aliphatic carbocycles. The second-order valence-electron chi connectivity index (χ2n) is 5.49. The van der Waals surface area contributed by atoms with E-state index in [0.29, 0.717) is 11.9 Å². The fourth-order valence-electron chi connectivity index (χ4n) is 2.58. The van der Waals surface area contributed by atoms with Gasteiger partial charge < -0.3 is 5.73 Å². The van der Waals surface area contributed by atoms with Gasteiger partial charge in [0.1, 0.15) is 16.5 Å². The Morgan fingerprint density at radius 1 is 1.32 bits per heavy atom. The van der Waals surface area contributed by atoms with Gasteiger partial charge in [0.25, 0.3) is 0 Å². The lowest BCUT2D eigenvalue weighted by molar-refractivity contribution is 0.149. The van der Waals surface area contributed by atoms with E-state index in [2.05, 4.69) is 35.8 Å². The van der Waals surface area contributed by atoms with E-state index in [-0.39, 0.29) is 0 Å². The van der Waals surface area contributed by atoms with Gasteiger partial charge in [0.2, 0.25) is 0 Å². The quantitative estimate of drug-likeness (QED) is 0.936. The van der Waals surface area contributed by atoms with Crippen molar-refractivity contribution in [1.82, 2.24) is 14.9 Å². The molecular formula is C14H20N4S. The van der Waals surface area contributed by atoms with Crippen LogP contribution in [0.4, 0.5) is 5.82 Å². The summed E-state index contributed by atoms with van der Waals surface area (Å²) in [4.78, 5) is 13.8. The molecule has 0 atom stereocenters. The zero-order chi connectivity index (χ0) is 13.6. The number of nitrogen functional groups attached to an aromatic ring is 1. The summed E-state index contributed by atoms with van der Waals surface area (Å²) < 4.78 is 0. The minimum atomic E-state index is 0.629. The molecule has 0 amide bonds. The first-order chi connectivity index (χ1) is 9.06. The minimum absolute atomic E-state index is 0.629. The van der Waals surface area contributed by atoms with Crippen LogP contribution in [0.5, 0.6) is 0 Å². The van der Waals surface area contributed by atoms with Crippen molar-refractivity contribution in [2.45, 2.75) is 45.7 Å². The summed E-state index contributed by atoms with van der Waals surface area (Å²) in [6.45, 7) is 5.00. The normalized spacial score (nSPS) is 16.2. The molecule has 2 heterocycles. The molecule has 0 aromatic carbocycles. The molecule has 0 saturated heterocycles. The van der Waals surface area contributed by atoms with Crippen LogP contribution in [0.15, 0.2) is 0 Å². The second kappa shape index (κ2) is 4.72. The molecule has 102 valence electrons. The molecule has 0 radical (unpaired) electrons. The lowest BCUT2D eigenvalue weighted by atomic mass is 9.92. The SMILES string of the molecule is Cc1sc2nc(CN(C)C3CCC3)nc(N)c2c1C. The van der Waals surface area contributed by atoms with Gasteiger partial charge in [-0.15, -0.1) is 11.3 Å². The lowest BCUT2D eigenvalue weighted by Crippen LogP contribution is -2.37. The van der Waals surface area contributed by atoms with Gasteiger partial charge in [-0.1, -0.05) is 6.42 Å². The van der Waals surface area contributed by atoms with Crippen molar-refractivity contribution in [2.24, 2.45) is 0 Å². The molecule has 1 fully saturated rings. The van der Waals surface area contributed by atoms with Crippen molar-refractivity contribution in [3.63, 3.8) is 0 Å². The average Bonchev–Trinajstić information content (AvgIpc) is 2.51. The summed E-state index contributed by atoms with van der Waals surface area (Å²) in [5, 5.41) is 1.04. The number of aromatic nitrogens is 2. The molecular weight excluding hydrogens is 256 g/mol. The van der Waals surface area contributed by atoms with Crippen molar-refractivity contribution in [3.8, 4) is 0 Å². The summed E-state index contributed by atoms with van der Waals surface area (Å²) in [5.74, 6) is 1.48. The number of thiophene rings is 1. The number of hydrogen-bond donors (Lipinski definition) is 1. The highest BCUT2D eigenvalue weighted by molar-refractivity contribution is 7.18. The smallest absolute Gasteiger partial charge is 0.146 e. The third-order valence-corrected chi connectivity index (χ3v) is 5.29. The van der Waals surface area contributed by atoms with Gasteiger partial charge >= 0.3 is 0 Å². The number of hydrogen-bond acceptors (Lipinski definition) is 5. The van der Waals surface area contributed by atoms with E-state index >= 15 is 0 Å². The zero-order valence-electron chi connectivity index (χ0n) is 11.7. The largest absolute Gasteiger partial charge is 0.383 e. The van der Waals surface area contributed by atoms with Crippen LogP contribution in [0.2, 0.25) is 0 Å². The van der Waals surface area contributed by atoms with Crippen LogP contribution < -0.4 is 5.73 Å². The Hall–Kier alpha value is -1.20. The molecule has 2 aromatic heterocycles. The average molecular weight is 276 g/mol. The maximum Gasteiger partial charge on any atom is 0.146 e. The van der Waals surface area contributed by atoms with Crippen LogP contribution in [0.3, 0.4) is 0 Å². The van der Waals surface area contributed by atoms with E-state index in [0.717, 1.165) is 22.6 Å². The molecule has 4 nitrogen and oxygen atoms in total. The first-order valence-electron chi connectivity index (χ1n) is 6.78. The Balaban J connectivity index is 1.92. The molecule has 0 aliphatic heterocycles. The Kier molecular flexibility index (Phi) is 3.19. The fourth-order valence-corrected chi connectivity index (χ4v) is 3.63. The van der Waals surface area contributed by atoms with E-state index in [1.54, 1.807) is 11.3 Å². The molecule has 0 spiro atoms. The Morgan fingerprint density at radius 2 is 2.05 bits per heavy atom. The summed E-state index contributed by atoms with van der Waals surface area (Å²) in [5.41, 5.74) is 7.33. The fraction of sp³-hybridized carbons (Fsp3) is 0.571. The topological polar surface area (TPSA) is 55.0 Å². The Morgan fingerprint density at radius 3 is 2.68 bits per heavy atom. The number of aryl methyl sites for hydroxylation is 2. The van der Waals surface area contributed by atoms with Crippen LogP contribution in [0, 0.1) is 13.8 Å². The highest BCUT2D eigenvalue weighted by Gasteiger charge is 2.23. The number of anilines is 1. The number of nitrogens with two attached hydrogens (primary N) is 1. The van der Waals surface area contributed by atoms with Gasteiger partial charge in [0.05, 0.1) is 11.9 Å². The Labute approximate surface area is 117 Å². The second-order valence-corrected chi connectivity index (χ2v) is 6.69. The molecule has 1 aliphatic rings. The standard InChI is InChI=1S/C14H20N4S/c1-8-9(2)19-14-12(8)13(15)16-11(17-14)7-18(3)10-5-4-6-10/h10H,4-7H2,1-3H3,(H2,15,16,17). The molecule has 1 saturated carbocycles. The first-order valence-corrected chi connectivity index (χ1v) is 7.60. The van der Waals surface area contributed by atoms with Crippen LogP contribution in [0.1, 0.15) is 35.5 Å². The van der Waals surface area contributed by atoms with Crippen molar-refractivity contribution < 1.29 is 0 Å². The lowest BCUT2D eigenvalue weighted by Gasteiger charge is -2.34. The van der Waals surface area contributed by atoms with Gasteiger partial charge in [0, 0.05) is 10.9 Å². The Bertz CT molecular complexity index is 615. The monoisotopic (exact) mass is 276 g/mol. The number of nitrogens with zero attached hydrogens (tertiary/aromatic N) is 3. The summed E-state index contributed by atoms with van der Waals surface area (Å²) in [7, 11) is 2.15. The van der Waals surface area contributed by atoms with Gasteiger partial charge in [0.15, 0.2) is 0 Å². The molecule has 0 bridgehead atoms. The molecule has 3 rings (SSSR count). The van der Waals surface area contributed by atoms with E-state index in [1.807, 2.05) is 0 Å². The van der Waals surface area contributed by atoms with E-state index in [1.165, 1.54) is 29.7 Å². The molecule has 2 aromatic rings. The summed E-state index contributed by atoms with van der Waals surface area (Å²) in [6.07, 6.45) is 3.94.